The van der Waals surface area contributed by atoms with Crippen molar-refractivity contribution in [3.8, 4) is 0 Å². The number of nitrogens with zero attached hydrogens (tertiary/aromatic N) is 1. The number of carbonyl (C=O) groups excluding carboxylic acids is 1. The fourth-order valence-electron chi connectivity index (χ4n) is 3.05. The average Bonchev–Trinajstić information content (AvgIpc) is 2.87. The number of hydrogen-bond donors (Lipinski definition) is 0. The zero-order valence-corrected chi connectivity index (χ0v) is 15.3. The van der Waals surface area contributed by atoms with Gasteiger partial charge in [-0.25, -0.2) is 0 Å². The highest BCUT2D eigenvalue weighted by atomic mass is 16.5. The number of aldehydes is 1. The zero-order valence-electron chi connectivity index (χ0n) is 15.3. The molecule has 24 heavy (non-hydrogen) atoms. The van der Waals surface area contributed by atoms with Crippen molar-refractivity contribution < 1.29 is 9.53 Å². The van der Waals surface area contributed by atoms with Crippen molar-refractivity contribution in [2.45, 2.75) is 46.3 Å². The Morgan fingerprint density at radius 1 is 1.33 bits per heavy atom. The maximum Gasteiger partial charge on any atom is 0.152 e. The van der Waals surface area contributed by atoms with Gasteiger partial charge >= 0.3 is 0 Å². The molecule has 1 aromatic heterocycles. The molecular weight excluding hydrogens is 298 g/mol. The summed E-state index contributed by atoms with van der Waals surface area (Å²) in [6.07, 6.45) is 5.90. The fraction of sp³-hybridized carbons (Fsp3) is 0.381. The maximum atomic E-state index is 11.9. The van der Waals surface area contributed by atoms with E-state index < -0.39 is 0 Å². The predicted octanol–water partition coefficient (Wildman–Crippen LogP) is 5.03. The number of ether oxygens (including phenoxy) is 1. The van der Waals surface area contributed by atoms with E-state index in [1.807, 2.05) is 6.08 Å². The minimum atomic E-state index is -0.326. The Kier molecular flexibility index (Phi) is 5.45. The molecule has 0 unspecified atom stereocenters. The van der Waals surface area contributed by atoms with Crippen molar-refractivity contribution in [2.75, 3.05) is 7.11 Å². The van der Waals surface area contributed by atoms with Gasteiger partial charge in [-0.2, -0.15) is 0 Å². The lowest BCUT2D eigenvalue weighted by molar-refractivity contribution is 0.111. The molecule has 3 nitrogen and oxygen atoms in total. The lowest BCUT2D eigenvalue weighted by Gasteiger charge is -2.23. The number of hydrogen-bond acceptors (Lipinski definition) is 2. The Morgan fingerprint density at radius 3 is 2.58 bits per heavy atom. The van der Waals surface area contributed by atoms with Gasteiger partial charge in [0, 0.05) is 29.2 Å². The van der Waals surface area contributed by atoms with Crippen LogP contribution in [-0.4, -0.2) is 18.0 Å². The van der Waals surface area contributed by atoms with Crippen LogP contribution in [0.1, 0.15) is 49.3 Å². The van der Waals surface area contributed by atoms with E-state index in [2.05, 4.69) is 63.1 Å². The molecule has 0 spiro atoms. The van der Waals surface area contributed by atoms with Gasteiger partial charge in [0.2, 0.25) is 0 Å². The van der Waals surface area contributed by atoms with E-state index in [4.69, 9.17) is 4.74 Å². The van der Waals surface area contributed by atoms with Gasteiger partial charge in [-0.1, -0.05) is 37.6 Å². The quantitative estimate of drug-likeness (QED) is 0.528. The van der Waals surface area contributed by atoms with E-state index in [1.54, 1.807) is 7.11 Å². The van der Waals surface area contributed by atoms with Crippen LogP contribution >= 0.6 is 0 Å². The second kappa shape index (κ2) is 7.18. The third-order valence-corrected chi connectivity index (χ3v) is 4.41. The van der Waals surface area contributed by atoms with Crippen LogP contribution in [0.3, 0.4) is 0 Å². The lowest BCUT2D eigenvalue weighted by Crippen LogP contribution is -2.21. The molecule has 0 aliphatic carbocycles. The number of allylic oxidation sites excluding steroid dienone is 3. The molecule has 1 aromatic carbocycles. The SMILES string of the molecule is C=CC(C)(C)c1c(C=O)c2cc(CC=C(C)C)ccc2n1COC. The van der Waals surface area contributed by atoms with Crippen LogP contribution < -0.4 is 0 Å². The summed E-state index contributed by atoms with van der Waals surface area (Å²) in [6, 6.07) is 6.32. The summed E-state index contributed by atoms with van der Waals surface area (Å²) in [5.41, 5.74) is 4.86. The summed E-state index contributed by atoms with van der Waals surface area (Å²) >= 11 is 0. The van der Waals surface area contributed by atoms with Crippen molar-refractivity contribution in [1.29, 1.82) is 0 Å². The molecule has 2 aromatic rings. The minimum absolute atomic E-state index is 0.326. The number of carbonyl (C=O) groups is 1. The van der Waals surface area contributed by atoms with Gasteiger partial charge in [0.15, 0.2) is 6.29 Å². The summed E-state index contributed by atoms with van der Waals surface area (Å²) in [6.45, 7) is 12.7. The highest BCUT2D eigenvalue weighted by Gasteiger charge is 2.28. The molecule has 1 heterocycles. The standard InChI is InChI=1S/C21H27NO2/c1-7-21(4,5)20-18(13-23)17-12-16(9-8-15(2)3)10-11-19(17)22(20)14-24-6/h7-8,10-13H,1,9,14H2,2-6H3. The van der Waals surface area contributed by atoms with Crippen LogP contribution in [0, 0.1) is 0 Å². The van der Waals surface area contributed by atoms with Gasteiger partial charge < -0.3 is 9.30 Å². The van der Waals surface area contributed by atoms with Crippen molar-refractivity contribution in [3.05, 3.63) is 59.3 Å². The molecule has 0 radical (unpaired) electrons. The third-order valence-electron chi connectivity index (χ3n) is 4.41. The maximum absolute atomic E-state index is 11.9. The molecule has 0 atom stereocenters. The van der Waals surface area contributed by atoms with E-state index in [0.717, 1.165) is 34.9 Å². The molecule has 0 saturated carbocycles. The monoisotopic (exact) mass is 325 g/mol. The number of fused-ring (bicyclic) bond motifs is 1. The first-order chi connectivity index (χ1) is 11.4. The van der Waals surface area contributed by atoms with Crippen molar-refractivity contribution >= 4 is 17.2 Å². The molecule has 0 fully saturated rings. The Balaban J connectivity index is 2.75. The number of rotatable bonds is 7. The lowest BCUT2D eigenvalue weighted by atomic mass is 9.86. The van der Waals surface area contributed by atoms with Crippen molar-refractivity contribution in [2.24, 2.45) is 0 Å². The normalized spacial score (nSPS) is 11.5. The van der Waals surface area contributed by atoms with Crippen LogP contribution in [0.2, 0.25) is 0 Å². The summed E-state index contributed by atoms with van der Waals surface area (Å²) in [7, 11) is 1.67. The highest BCUT2D eigenvalue weighted by Crippen LogP contribution is 2.35. The van der Waals surface area contributed by atoms with Crippen LogP contribution in [-0.2, 0) is 23.3 Å². The largest absolute Gasteiger partial charge is 0.364 e. The van der Waals surface area contributed by atoms with Gasteiger partial charge in [0.25, 0.3) is 0 Å². The Hall–Kier alpha value is -2.13. The number of methoxy groups -OCH3 is 1. The summed E-state index contributed by atoms with van der Waals surface area (Å²) < 4.78 is 7.46. The third kappa shape index (κ3) is 3.36. The van der Waals surface area contributed by atoms with Crippen LogP contribution in [0.25, 0.3) is 10.9 Å². The van der Waals surface area contributed by atoms with Gasteiger partial charge in [-0.05, 0) is 38.0 Å². The van der Waals surface area contributed by atoms with Crippen LogP contribution in [0.15, 0.2) is 42.5 Å². The molecular formula is C21H27NO2. The molecule has 0 N–H and O–H groups in total. The zero-order chi connectivity index (χ0) is 17.9. The smallest absolute Gasteiger partial charge is 0.152 e. The molecule has 0 aliphatic heterocycles. The topological polar surface area (TPSA) is 31.2 Å². The number of benzene rings is 1. The molecule has 0 bridgehead atoms. The molecule has 0 saturated heterocycles. The first kappa shape index (κ1) is 18.2. The molecule has 0 amide bonds. The van der Waals surface area contributed by atoms with Gasteiger partial charge in [0.05, 0.1) is 5.52 Å². The minimum Gasteiger partial charge on any atom is -0.364 e. The van der Waals surface area contributed by atoms with E-state index in [1.165, 1.54) is 11.1 Å². The average molecular weight is 325 g/mol. The Labute approximate surface area is 144 Å². The summed E-state index contributed by atoms with van der Waals surface area (Å²) in [4.78, 5) is 11.9. The fourth-order valence-corrected chi connectivity index (χ4v) is 3.05. The summed E-state index contributed by atoms with van der Waals surface area (Å²) in [5.74, 6) is 0. The van der Waals surface area contributed by atoms with Crippen LogP contribution in [0.4, 0.5) is 0 Å². The number of aromatic nitrogens is 1. The van der Waals surface area contributed by atoms with Gasteiger partial charge in [0.1, 0.15) is 6.73 Å². The first-order valence-electron chi connectivity index (χ1n) is 8.22. The Bertz CT molecular complexity index is 790. The molecule has 0 aliphatic rings. The van der Waals surface area contributed by atoms with E-state index in [9.17, 15) is 4.79 Å². The second-order valence-electron chi connectivity index (χ2n) is 6.99. The first-order valence-corrected chi connectivity index (χ1v) is 8.22. The van der Waals surface area contributed by atoms with Crippen molar-refractivity contribution in [1.82, 2.24) is 4.57 Å². The van der Waals surface area contributed by atoms with E-state index >= 15 is 0 Å². The second-order valence-corrected chi connectivity index (χ2v) is 6.99. The van der Waals surface area contributed by atoms with Gasteiger partial charge in [-0.15, -0.1) is 6.58 Å². The molecule has 2 rings (SSSR count). The Morgan fingerprint density at radius 2 is 2.04 bits per heavy atom. The highest BCUT2D eigenvalue weighted by molar-refractivity contribution is 6.00. The van der Waals surface area contributed by atoms with Gasteiger partial charge in [-0.3, -0.25) is 4.79 Å². The van der Waals surface area contributed by atoms with E-state index in [-0.39, 0.29) is 5.41 Å². The van der Waals surface area contributed by atoms with E-state index in [0.29, 0.717) is 6.73 Å². The van der Waals surface area contributed by atoms with Crippen molar-refractivity contribution in [3.63, 3.8) is 0 Å². The summed E-state index contributed by atoms with van der Waals surface area (Å²) in [5, 5.41) is 0.978. The molecule has 128 valence electrons. The van der Waals surface area contributed by atoms with Crippen LogP contribution in [0.5, 0.6) is 0 Å². The molecule has 3 heteroatoms. The predicted molar refractivity (Wildman–Crippen MR) is 101 cm³/mol.